The average molecular weight is 338 g/mol. The zero-order valence-corrected chi connectivity index (χ0v) is 14.6. The lowest BCUT2D eigenvalue weighted by atomic mass is 10.1. The van der Waals surface area contributed by atoms with Gasteiger partial charge in [0.05, 0.1) is 12.9 Å². The minimum Gasteiger partial charge on any atom is -0.464 e. The smallest absolute Gasteiger partial charge is 0.329 e. The summed E-state index contributed by atoms with van der Waals surface area (Å²) in [6.45, 7) is 2.81. The fraction of sp³-hybridized carbons (Fsp3) is 0.706. The fourth-order valence-corrected chi connectivity index (χ4v) is 2.36. The van der Waals surface area contributed by atoms with Crippen molar-refractivity contribution in [2.75, 3.05) is 13.2 Å². The van der Waals surface area contributed by atoms with Gasteiger partial charge in [-0.25, -0.2) is 9.78 Å². The number of unbranched alkanes of at least 4 members (excludes halogenated alkanes) is 5. The number of aromatic amines is 1. The van der Waals surface area contributed by atoms with Crippen molar-refractivity contribution in [2.45, 2.75) is 64.3 Å². The highest BCUT2D eigenvalue weighted by Gasteiger charge is 2.23. The Morgan fingerprint density at radius 2 is 2.04 bits per heavy atom. The number of nitrogens with zero attached hydrogens (tertiary/aromatic N) is 1. The highest BCUT2D eigenvalue weighted by atomic mass is 16.5. The van der Waals surface area contributed by atoms with Crippen molar-refractivity contribution in [3.8, 4) is 0 Å². The Balaban J connectivity index is 2.37. The summed E-state index contributed by atoms with van der Waals surface area (Å²) < 4.78 is 5.32. The third-order valence-electron chi connectivity index (χ3n) is 3.71. The summed E-state index contributed by atoms with van der Waals surface area (Å²) in [6, 6.07) is -0.718. The maximum Gasteiger partial charge on any atom is 0.329 e. The first-order valence-corrected chi connectivity index (χ1v) is 8.80. The first kappa shape index (κ1) is 20.2. The van der Waals surface area contributed by atoms with Crippen LogP contribution in [-0.2, 0) is 20.7 Å². The molecule has 0 spiro atoms. The first-order chi connectivity index (χ1) is 11.7. The standard InChI is InChI=1S/C17H30N4O3/c1-2-3-4-5-6-7-10-24-17(23)15(21-16(22)8-9-18)11-14-12-19-13-20-14/h12-13,15H,2-11,18H2,1H3,(H,19,20)(H,21,22)/t15-/m1/s1. The number of H-pyrrole nitrogens is 1. The third-order valence-corrected chi connectivity index (χ3v) is 3.71. The molecule has 136 valence electrons. The van der Waals surface area contributed by atoms with Crippen molar-refractivity contribution >= 4 is 11.9 Å². The number of amides is 1. The molecule has 0 bridgehead atoms. The summed E-state index contributed by atoms with van der Waals surface area (Å²) in [5.41, 5.74) is 6.14. The molecule has 1 rings (SSSR count). The molecule has 0 aliphatic heterocycles. The summed E-state index contributed by atoms with van der Waals surface area (Å²) in [4.78, 5) is 30.8. The maximum absolute atomic E-state index is 12.2. The number of hydrogen-bond donors (Lipinski definition) is 3. The van der Waals surface area contributed by atoms with Crippen molar-refractivity contribution in [1.29, 1.82) is 0 Å². The van der Waals surface area contributed by atoms with Gasteiger partial charge in [0.1, 0.15) is 6.04 Å². The largest absolute Gasteiger partial charge is 0.464 e. The van der Waals surface area contributed by atoms with Gasteiger partial charge in [-0.15, -0.1) is 0 Å². The fourth-order valence-electron chi connectivity index (χ4n) is 2.36. The molecular formula is C17H30N4O3. The molecule has 7 nitrogen and oxygen atoms in total. The number of ether oxygens (including phenoxy) is 1. The Morgan fingerprint density at radius 1 is 1.29 bits per heavy atom. The Morgan fingerprint density at radius 3 is 2.71 bits per heavy atom. The summed E-state index contributed by atoms with van der Waals surface area (Å²) in [7, 11) is 0. The van der Waals surface area contributed by atoms with Crippen molar-refractivity contribution in [2.24, 2.45) is 5.73 Å². The average Bonchev–Trinajstić information content (AvgIpc) is 3.06. The molecule has 24 heavy (non-hydrogen) atoms. The molecule has 1 aromatic rings. The van der Waals surface area contributed by atoms with Gasteiger partial charge in [-0.2, -0.15) is 0 Å². The molecule has 1 aromatic heterocycles. The molecule has 0 fully saturated rings. The van der Waals surface area contributed by atoms with Crippen LogP contribution < -0.4 is 11.1 Å². The van der Waals surface area contributed by atoms with E-state index in [1.165, 1.54) is 25.6 Å². The van der Waals surface area contributed by atoms with Crippen LogP contribution in [-0.4, -0.2) is 41.0 Å². The highest BCUT2D eigenvalue weighted by Crippen LogP contribution is 2.06. The molecule has 0 aliphatic rings. The van der Waals surface area contributed by atoms with Gasteiger partial charge in [-0.3, -0.25) is 4.79 Å². The van der Waals surface area contributed by atoms with E-state index in [1.807, 2.05) is 0 Å². The summed E-state index contributed by atoms with van der Waals surface area (Å²) >= 11 is 0. The number of imidazole rings is 1. The molecule has 0 saturated heterocycles. The molecule has 1 amide bonds. The van der Waals surface area contributed by atoms with Crippen LogP contribution >= 0.6 is 0 Å². The predicted molar refractivity (Wildman–Crippen MR) is 92.2 cm³/mol. The van der Waals surface area contributed by atoms with Gasteiger partial charge in [0.25, 0.3) is 0 Å². The second-order valence-electron chi connectivity index (χ2n) is 5.88. The van der Waals surface area contributed by atoms with Gasteiger partial charge in [-0.1, -0.05) is 39.0 Å². The van der Waals surface area contributed by atoms with Crippen LogP contribution in [0, 0.1) is 0 Å². The van der Waals surface area contributed by atoms with Crippen LogP contribution in [0.2, 0.25) is 0 Å². The molecular weight excluding hydrogens is 308 g/mol. The highest BCUT2D eigenvalue weighted by molar-refractivity contribution is 5.84. The zero-order chi connectivity index (χ0) is 17.6. The molecule has 1 atom stereocenters. The SMILES string of the molecule is CCCCCCCCOC(=O)[C@@H](Cc1cnc[nH]1)NC(=O)CCN. The van der Waals surface area contributed by atoms with Gasteiger partial charge >= 0.3 is 5.97 Å². The number of nitrogens with two attached hydrogens (primary N) is 1. The number of aromatic nitrogens is 2. The zero-order valence-electron chi connectivity index (χ0n) is 14.6. The molecule has 1 heterocycles. The van der Waals surface area contributed by atoms with Crippen molar-refractivity contribution < 1.29 is 14.3 Å². The molecule has 0 aromatic carbocycles. The Bertz CT molecular complexity index is 462. The Hall–Kier alpha value is -1.89. The monoisotopic (exact) mass is 338 g/mol. The predicted octanol–water partition coefficient (Wildman–Crippen LogP) is 1.69. The number of esters is 1. The van der Waals surface area contributed by atoms with Gasteiger partial charge in [-0.05, 0) is 6.42 Å². The molecule has 0 unspecified atom stereocenters. The second kappa shape index (κ2) is 12.5. The van der Waals surface area contributed by atoms with Gasteiger partial charge in [0, 0.05) is 31.3 Å². The van der Waals surface area contributed by atoms with Gasteiger partial charge in [0.15, 0.2) is 0 Å². The summed E-state index contributed by atoms with van der Waals surface area (Å²) in [6.07, 6.45) is 10.4. The van der Waals surface area contributed by atoms with E-state index in [0.29, 0.717) is 13.0 Å². The topological polar surface area (TPSA) is 110 Å². The quantitative estimate of drug-likeness (QED) is 0.374. The lowest BCUT2D eigenvalue weighted by Crippen LogP contribution is -2.44. The summed E-state index contributed by atoms with van der Waals surface area (Å²) in [5, 5.41) is 2.68. The van der Waals surface area contributed by atoms with E-state index in [9.17, 15) is 9.59 Å². The van der Waals surface area contributed by atoms with E-state index in [-0.39, 0.29) is 18.9 Å². The van der Waals surface area contributed by atoms with Crippen LogP contribution in [0.5, 0.6) is 0 Å². The minimum atomic E-state index is -0.718. The molecule has 0 radical (unpaired) electrons. The lowest BCUT2D eigenvalue weighted by Gasteiger charge is -2.17. The van der Waals surface area contributed by atoms with Crippen LogP contribution in [0.4, 0.5) is 0 Å². The van der Waals surface area contributed by atoms with Crippen molar-refractivity contribution in [1.82, 2.24) is 15.3 Å². The van der Waals surface area contributed by atoms with Crippen LogP contribution in [0.1, 0.15) is 57.6 Å². The van der Waals surface area contributed by atoms with Gasteiger partial charge in [0.2, 0.25) is 5.91 Å². The molecule has 0 saturated carbocycles. The molecule has 4 N–H and O–H groups in total. The van der Waals surface area contributed by atoms with Crippen LogP contribution in [0.25, 0.3) is 0 Å². The van der Waals surface area contributed by atoms with E-state index >= 15 is 0 Å². The van der Waals surface area contributed by atoms with E-state index < -0.39 is 12.0 Å². The number of nitrogens with one attached hydrogen (secondary N) is 2. The number of hydrogen-bond acceptors (Lipinski definition) is 5. The van der Waals surface area contributed by atoms with Crippen molar-refractivity contribution in [3.63, 3.8) is 0 Å². The van der Waals surface area contributed by atoms with E-state index in [1.54, 1.807) is 6.20 Å². The van der Waals surface area contributed by atoms with Crippen molar-refractivity contribution in [3.05, 3.63) is 18.2 Å². The first-order valence-electron chi connectivity index (χ1n) is 8.80. The normalized spacial score (nSPS) is 11.9. The molecule has 0 aliphatic carbocycles. The van der Waals surface area contributed by atoms with E-state index in [4.69, 9.17) is 10.5 Å². The number of carbonyl (C=O) groups is 2. The van der Waals surface area contributed by atoms with Crippen LogP contribution in [0.3, 0.4) is 0 Å². The van der Waals surface area contributed by atoms with Crippen LogP contribution in [0.15, 0.2) is 12.5 Å². The van der Waals surface area contributed by atoms with Gasteiger partial charge < -0.3 is 20.8 Å². The van der Waals surface area contributed by atoms with E-state index in [2.05, 4.69) is 22.2 Å². The maximum atomic E-state index is 12.2. The Labute approximate surface area is 143 Å². The minimum absolute atomic E-state index is 0.185. The van der Waals surface area contributed by atoms with E-state index in [0.717, 1.165) is 25.0 Å². The Kier molecular flexibility index (Phi) is 10.5. The number of carbonyl (C=O) groups excluding carboxylic acids is 2. The third kappa shape index (κ3) is 8.67. The molecule has 7 heteroatoms. The number of rotatable bonds is 13. The second-order valence-corrected chi connectivity index (χ2v) is 5.88. The summed E-state index contributed by atoms with van der Waals surface area (Å²) in [5.74, 6) is -0.665. The lowest BCUT2D eigenvalue weighted by molar-refractivity contribution is -0.148.